The summed E-state index contributed by atoms with van der Waals surface area (Å²) in [6.07, 6.45) is 6.11. The van der Waals surface area contributed by atoms with Crippen molar-refractivity contribution >= 4 is 12.0 Å². The maximum atomic E-state index is 11.0. The van der Waals surface area contributed by atoms with Gasteiger partial charge in [-0.25, -0.2) is 9.79 Å². The fraction of sp³-hybridized carbons (Fsp3) is 0.800. The highest BCUT2D eigenvalue weighted by Crippen LogP contribution is 2.03. The minimum Gasteiger partial charge on any atom is -0.464 e. The van der Waals surface area contributed by atoms with E-state index in [2.05, 4.69) is 11.9 Å². The average molecular weight is 199 g/mol. The van der Waals surface area contributed by atoms with Gasteiger partial charge in [-0.1, -0.05) is 26.2 Å². The predicted molar refractivity (Wildman–Crippen MR) is 52.7 cm³/mol. The number of ether oxygens (including phenoxy) is 1. The van der Waals surface area contributed by atoms with Gasteiger partial charge in [0.15, 0.2) is 0 Å². The lowest BCUT2D eigenvalue weighted by Gasteiger charge is -2.01. The molecule has 0 fully saturated rings. The monoisotopic (exact) mass is 199 g/mol. The van der Waals surface area contributed by atoms with Crippen LogP contribution in [0.2, 0.25) is 0 Å². The minimum atomic E-state index is -0.206. The van der Waals surface area contributed by atoms with E-state index in [1.807, 2.05) is 0 Å². The molecule has 0 unspecified atom stereocenters. The minimum absolute atomic E-state index is 0.182. The third kappa shape index (κ3) is 8.94. The molecule has 0 saturated heterocycles. The van der Waals surface area contributed by atoms with Gasteiger partial charge in [-0.15, -0.1) is 0 Å². The normalized spacial score (nSPS) is 9.21. The standard InChI is InChI=1S/C10H17NO3/c1-2-3-4-5-6-10(13)14-8-7-11-9-12/h2-8H2,1H3. The van der Waals surface area contributed by atoms with E-state index in [1.165, 1.54) is 6.08 Å². The van der Waals surface area contributed by atoms with E-state index in [4.69, 9.17) is 4.74 Å². The van der Waals surface area contributed by atoms with Crippen molar-refractivity contribution in [2.45, 2.75) is 39.0 Å². The summed E-state index contributed by atoms with van der Waals surface area (Å²) in [6, 6.07) is 0. The van der Waals surface area contributed by atoms with Crippen LogP contribution < -0.4 is 0 Å². The maximum Gasteiger partial charge on any atom is 0.305 e. The zero-order valence-corrected chi connectivity index (χ0v) is 8.62. The fourth-order valence-electron chi connectivity index (χ4n) is 1.02. The van der Waals surface area contributed by atoms with Gasteiger partial charge in [-0.2, -0.15) is 0 Å². The molecule has 4 nitrogen and oxygen atoms in total. The number of aliphatic imine (C=N–C) groups is 1. The number of esters is 1. The first-order chi connectivity index (χ1) is 6.81. The molecular formula is C10H17NO3. The van der Waals surface area contributed by atoms with Crippen molar-refractivity contribution in [3.05, 3.63) is 0 Å². The van der Waals surface area contributed by atoms with E-state index < -0.39 is 0 Å². The van der Waals surface area contributed by atoms with Gasteiger partial charge in [-0.3, -0.25) is 4.79 Å². The first-order valence-electron chi connectivity index (χ1n) is 5.00. The Kier molecular flexibility index (Phi) is 9.12. The van der Waals surface area contributed by atoms with Gasteiger partial charge in [-0.05, 0) is 6.42 Å². The number of isocyanates is 1. The quantitative estimate of drug-likeness (QED) is 0.259. The van der Waals surface area contributed by atoms with Crippen LogP contribution in [-0.2, 0) is 14.3 Å². The van der Waals surface area contributed by atoms with Crippen LogP contribution in [0.25, 0.3) is 0 Å². The number of hydrogen-bond donors (Lipinski definition) is 0. The second-order valence-electron chi connectivity index (χ2n) is 3.00. The van der Waals surface area contributed by atoms with Crippen LogP contribution in [0.4, 0.5) is 0 Å². The molecule has 0 aliphatic rings. The molecular weight excluding hydrogens is 182 g/mol. The van der Waals surface area contributed by atoms with Gasteiger partial charge < -0.3 is 4.74 Å². The molecule has 0 aromatic heterocycles. The van der Waals surface area contributed by atoms with Crippen LogP contribution >= 0.6 is 0 Å². The number of rotatable bonds is 8. The molecule has 0 saturated carbocycles. The molecule has 0 radical (unpaired) electrons. The lowest BCUT2D eigenvalue weighted by molar-refractivity contribution is -0.143. The van der Waals surface area contributed by atoms with Gasteiger partial charge >= 0.3 is 5.97 Å². The number of carbonyl (C=O) groups is 1. The molecule has 4 heteroatoms. The highest BCUT2D eigenvalue weighted by molar-refractivity contribution is 5.69. The second kappa shape index (κ2) is 9.93. The Hall–Kier alpha value is -1.15. The first-order valence-corrected chi connectivity index (χ1v) is 5.00. The summed E-state index contributed by atoms with van der Waals surface area (Å²) >= 11 is 0. The van der Waals surface area contributed by atoms with E-state index in [9.17, 15) is 9.59 Å². The summed E-state index contributed by atoms with van der Waals surface area (Å²) in [4.78, 5) is 23.9. The molecule has 0 aromatic rings. The molecule has 0 N–H and O–H groups in total. The largest absolute Gasteiger partial charge is 0.464 e. The number of hydrogen-bond acceptors (Lipinski definition) is 4. The summed E-state index contributed by atoms with van der Waals surface area (Å²) in [5, 5.41) is 0. The highest BCUT2D eigenvalue weighted by atomic mass is 16.5. The van der Waals surface area contributed by atoms with Crippen molar-refractivity contribution in [3.8, 4) is 0 Å². The van der Waals surface area contributed by atoms with Gasteiger partial charge in [0, 0.05) is 6.42 Å². The summed E-state index contributed by atoms with van der Waals surface area (Å²) in [6.45, 7) is 2.52. The predicted octanol–water partition coefficient (Wildman–Crippen LogP) is 1.84. The lowest BCUT2D eigenvalue weighted by atomic mass is 10.2. The number of unbranched alkanes of at least 4 members (excludes halogenated alkanes) is 3. The Morgan fingerprint density at radius 3 is 2.79 bits per heavy atom. The van der Waals surface area contributed by atoms with Gasteiger partial charge in [0.1, 0.15) is 6.61 Å². The molecule has 14 heavy (non-hydrogen) atoms. The molecule has 0 bridgehead atoms. The Morgan fingerprint density at radius 1 is 1.36 bits per heavy atom. The Bertz CT molecular complexity index is 198. The molecule has 0 aliphatic carbocycles. The lowest BCUT2D eigenvalue weighted by Crippen LogP contribution is -2.07. The van der Waals surface area contributed by atoms with Crippen molar-refractivity contribution in [2.75, 3.05) is 13.2 Å². The van der Waals surface area contributed by atoms with Crippen LogP contribution in [0.15, 0.2) is 4.99 Å². The van der Waals surface area contributed by atoms with E-state index in [0.29, 0.717) is 6.42 Å². The Labute approximate surface area is 84.4 Å². The smallest absolute Gasteiger partial charge is 0.305 e. The topological polar surface area (TPSA) is 55.7 Å². The molecule has 0 atom stereocenters. The fourth-order valence-corrected chi connectivity index (χ4v) is 1.02. The highest BCUT2D eigenvalue weighted by Gasteiger charge is 2.00. The average Bonchev–Trinajstić information content (AvgIpc) is 2.19. The van der Waals surface area contributed by atoms with Gasteiger partial charge in [0.25, 0.3) is 0 Å². The second-order valence-corrected chi connectivity index (χ2v) is 3.00. The van der Waals surface area contributed by atoms with Crippen LogP contribution in [-0.4, -0.2) is 25.2 Å². The number of nitrogens with zero attached hydrogens (tertiary/aromatic N) is 1. The third-order valence-corrected chi connectivity index (χ3v) is 1.77. The van der Waals surface area contributed by atoms with Crippen LogP contribution in [0.1, 0.15) is 39.0 Å². The van der Waals surface area contributed by atoms with E-state index >= 15 is 0 Å². The van der Waals surface area contributed by atoms with Crippen molar-refractivity contribution in [1.82, 2.24) is 0 Å². The van der Waals surface area contributed by atoms with Crippen LogP contribution in [0.5, 0.6) is 0 Å². The van der Waals surface area contributed by atoms with Crippen molar-refractivity contribution in [2.24, 2.45) is 4.99 Å². The third-order valence-electron chi connectivity index (χ3n) is 1.77. The van der Waals surface area contributed by atoms with Crippen LogP contribution in [0, 0.1) is 0 Å². The van der Waals surface area contributed by atoms with Gasteiger partial charge in [0.05, 0.1) is 6.54 Å². The summed E-state index contributed by atoms with van der Waals surface area (Å²) < 4.78 is 4.81. The molecule has 0 rings (SSSR count). The Morgan fingerprint density at radius 2 is 2.14 bits per heavy atom. The van der Waals surface area contributed by atoms with Gasteiger partial charge in [0.2, 0.25) is 6.08 Å². The van der Waals surface area contributed by atoms with Crippen molar-refractivity contribution in [3.63, 3.8) is 0 Å². The molecule has 0 spiro atoms. The molecule has 0 aliphatic heterocycles. The first kappa shape index (κ1) is 12.8. The Balaban J connectivity index is 3.23. The molecule has 0 aromatic carbocycles. The molecule has 0 heterocycles. The zero-order chi connectivity index (χ0) is 10.6. The zero-order valence-electron chi connectivity index (χ0n) is 8.62. The summed E-state index contributed by atoms with van der Waals surface area (Å²) in [7, 11) is 0. The van der Waals surface area contributed by atoms with Crippen molar-refractivity contribution < 1.29 is 14.3 Å². The van der Waals surface area contributed by atoms with E-state index in [0.717, 1.165) is 25.7 Å². The van der Waals surface area contributed by atoms with E-state index in [-0.39, 0.29) is 19.1 Å². The maximum absolute atomic E-state index is 11.0. The van der Waals surface area contributed by atoms with E-state index in [1.54, 1.807) is 0 Å². The summed E-state index contributed by atoms with van der Waals surface area (Å²) in [5.41, 5.74) is 0. The summed E-state index contributed by atoms with van der Waals surface area (Å²) in [5.74, 6) is -0.206. The molecule has 80 valence electrons. The SMILES string of the molecule is CCCCCCC(=O)OCCN=C=O. The van der Waals surface area contributed by atoms with Crippen LogP contribution in [0.3, 0.4) is 0 Å². The van der Waals surface area contributed by atoms with Crippen molar-refractivity contribution in [1.29, 1.82) is 0 Å². The number of carbonyl (C=O) groups excluding carboxylic acids is 2. The molecule has 0 amide bonds.